The highest BCUT2D eigenvalue weighted by Gasteiger charge is 2.63. The molecule has 9 rings (SSSR count). The van der Waals surface area contributed by atoms with Crippen molar-refractivity contribution in [1.82, 2.24) is 39.0 Å². The Kier molecular flexibility index (Phi) is 9.28. The van der Waals surface area contributed by atoms with Crippen LogP contribution in [-0.2, 0) is 36.7 Å². The van der Waals surface area contributed by atoms with Gasteiger partial charge in [-0.25, -0.2) is 27.9 Å². The molecule has 4 aliphatic heterocycles. The Hall–Kier alpha value is -4.80. The molecule has 4 aromatic heterocycles. The molecule has 1 aromatic carbocycles. The van der Waals surface area contributed by atoms with Gasteiger partial charge in [0.2, 0.25) is 23.7 Å². The van der Waals surface area contributed by atoms with Gasteiger partial charge in [-0.15, -0.1) is 0 Å². The van der Waals surface area contributed by atoms with Crippen molar-refractivity contribution in [3.63, 3.8) is 0 Å². The molecule has 4 fully saturated rings. The fourth-order valence-corrected chi connectivity index (χ4v) is 10.2. The van der Waals surface area contributed by atoms with E-state index in [-0.39, 0.29) is 83.9 Å². The summed E-state index contributed by atoms with van der Waals surface area (Å²) in [6.07, 6.45) is -4.91. The Morgan fingerprint density at radius 1 is 0.724 bits per heavy atom. The predicted molar refractivity (Wildman–Crippen MR) is 193 cm³/mol. The normalized spacial score (nSPS) is 34.5. The molecule has 4 aliphatic rings. The standard InChI is InChI=1S/C32H36F2N10O12P2/c1-5-47-25-19-23(39-29(35)41-25)43(13-37-19)27-31(3,33)21-17(51-27)11-49-57(45,55-21)53-15-7-9-16(10-8-15)54-58(46)50-12-18-22(56-58)32(4,34)28(52-18)44-14-38-20-24(44)40-30(36)42-26(20)48-6-2/h7-10,13-14,17-18,21-22,27-28H,5-6,11-12H2,1-4H3,(H2,35,39,41)(H2,36,40,42)/t17-,18-,21-,22-,27-,28-,31-,32-,57?,58?/m1/s1. The summed E-state index contributed by atoms with van der Waals surface area (Å²) in [5.41, 5.74) is 7.91. The van der Waals surface area contributed by atoms with Crippen LogP contribution in [0.2, 0.25) is 0 Å². The molecule has 5 aromatic rings. The molecule has 0 aliphatic carbocycles. The number of benzene rings is 1. The second kappa shape index (κ2) is 13.9. The van der Waals surface area contributed by atoms with Crippen molar-refractivity contribution in [2.45, 2.75) is 75.9 Å². The topological polar surface area (TPSA) is 266 Å². The molecule has 0 bridgehead atoms. The van der Waals surface area contributed by atoms with Crippen molar-refractivity contribution in [3.8, 4) is 23.3 Å². The van der Waals surface area contributed by atoms with E-state index in [1.165, 1.54) is 59.9 Å². The quantitative estimate of drug-likeness (QED) is 0.185. The molecule has 0 saturated carbocycles. The average molecular weight is 853 g/mol. The molecule has 26 heteroatoms. The van der Waals surface area contributed by atoms with Crippen molar-refractivity contribution in [2.24, 2.45) is 0 Å². The minimum atomic E-state index is -4.44. The van der Waals surface area contributed by atoms with Gasteiger partial charge in [-0.2, -0.15) is 19.9 Å². The largest absolute Gasteiger partial charge is 0.530 e. The van der Waals surface area contributed by atoms with E-state index in [1.807, 2.05) is 0 Å². The molecule has 4 N–H and O–H groups in total. The number of hydrogen-bond donors (Lipinski definition) is 2. The molecule has 310 valence electrons. The first kappa shape index (κ1) is 38.7. The van der Waals surface area contributed by atoms with Crippen LogP contribution in [0.4, 0.5) is 20.7 Å². The first-order valence-electron chi connectivity index (χ1n) is 17.9. The SMILES string of the molecule is CCOc1nc(N)nc2c1ncn2[C@@H]1O[C@@H]2COP(=O)(Oc3ccc(OP4(=O)OC[C@H]5O[C@@H](n6cnc7c(OCC)nc(N)nc76)[C@](C)(F)[C@@H]5O4)cc3)O[C@H]2[C@@]1(C)F. The monoisotopic (exact) mass is 852 g/mol. The smallest absolute Gasteiger partial charge is 0.476 e. The Balaban J connectivity index is 0.865. The maximum Gasteiger partial charge on any atom is 0.530 e. The van der Waals surface area contributed by atoms with Crippen LogP contribution in [0.15, 0.2) is 36.9 Å². The second-order valence-electron chi connectivity index (χ2n) is 13.8. The molecular weight excluding hydrogens is 816 g/mol. The molecule has 4 saturated heterocycles. The third kappa shape index (κ3) is 6.47. The number of halogens is 2. The zero-order valence-corrected chi connectivity index (χ0v) is 32.8. The fourth-order valence-electron chi connectivity index (χ4n) is 7.23. The highest BCUT2D eigenvalue weighted by Crippen LogP contribution is 2.61. The number of phosphoric ester groups is 2. The molecule has 0 amide bonds. The minimum Gasteiger partial charge on any atom is -0.476 e. The minimum absolute atomic E-state index is 0.0434. The van der Waals surface area contributed by atoms with Crippen LogP contribution >= 0.6 is 15.6 Å². The molecule has 0 spiro atoms. The number of hydrogen-bond acceptors (Lipinski definition) is 20. The second-order valence-corrected chi connectivity index (χ2v) is 16.9. The van der Waals surface area contributed by atoms with Crippen LogP contribution in [0.25, 0.3) is 22.3 Å². The number of phosphoric acid groups is 2. The van der Waals surface area contributed by atoms with Gasteiger partial charge in [0, 0.05) is 0 Å². The fraction of sp³-hybridized carbons (Fsp3) is 0.500. The van der Waals surface area contributed by atoms with Crippen LogP contribution in [0.5, 0.6) is 23.3 Å². The molecule has 58 heavy (non-hydrogen) atoms. The number of nitrogens with zero attached hydrogens (tertiary/aromatic N) is 8. The molecule has 10 atom stereocenters. The van der Waals surface area contributed by atoms with Gasteiger partial charge in [-0.1, -0.05) is 0 Å². The maximum atomic E-state index is 16.6. The third-order valence-corrected chi connectivity index (χ3v) is 12.5. The van der Waals surface area contributed by atoms with Crippen LogP contribution in [0.3, 0.4) is 0 Å². The summed E-state index contributed by atoms with van der Waals surface area (Å²) < 4.78 is 120. The number of alkyl halides is 2. The number of ether oxygens (including phenoxy) is 4. The van der Waals surface area contributed by atoms with Gasteiger partial charge in [0.1, 0.15) is 35.9 Å². The number of rotatable bonds is 10. The maximum absolute atomic E-state index is 16.6. The van der Waals surface area contributed by atoms with Gasteiger partial charge in [0.05, 0.1) is 39.1 Å². The number of nitrogens with two attached hydrogens (primary N) is 2. The zero-order valence-electron chi connectivity index (χ0n) is 31.0. The highest BCUT2D eigenvalue weighted by atomic mass is 31.2. The van der Waals surface area contributed by atoms with Crippen molar-refractivity contribution >= 4 is 49.9 Å². The first-order valence-corrected chi connectivity index (χ1v) is 20.8. The summed E-state index contributed by atoms with van der Waals surface area (Å²) in [5.74, 6) is -0.0954. The number of nitrogen functional groups attached to an aromatic ring is 2. The Morgan fingerprint density at radius 3 is 1.50 bits per heavy atom. The zero-order chi connectivity index (χ0) is 40.8. The number of aromatic nitrogens is 8. The molecule has 22 nitrogen and oxygen atoms in total. The van der Waals surface area contributed by atoms with Crippen molar-refractivity contribution in [1.29, 1.82) is 0 Å². The summed E-state index contributed by atoms with van der Waals surface area (Å²) in [6, 6.07) is 5.20. The number of anilines is 2. The molecule has 2 unspecified atom stereocenters. The van der Waals surface area contributed by atoms with Gasteiger partial charge in [-0.05, 0) is 52.0 Å². The Morgan fingerprint density at radius 2 is 1.12 bits per heavy atom. The number of imidazole rings is 2. The van der Waals surface area contributed by atoms with Crippen LogP contribution in [-0.4, -0.2) is 101 Å². The van der Waals surface area contributed by atoms with Gasteiger partial charge in [0.25, 0.3) is 0 Å². The van der Waals surface area contributed by atoms with Crippen LogP contribution in [0, 0.1) is 0 Å². The summed E-state index contributed by atoms with van der Waals surface area (Å²) >= 11 is 0. The predicted octanol–water partition coefficient (Wildman–Crippen LogP) is 4.38. The van der Waals surface area contributed by atoms with E-state index in [9.17, 15) is 9.13 Å². The molecular formula is C32H36F2N10O12P2. The van der Waals surface area contributed by atoms with E-state index < -0.39 is 63.9 Å². The lowest BCUT2D eigenvalue weighted by molar-refractivity contribution is -0.0657. The number of fused-ring (bicyclic) bond motifs is 4. The lowest BCUT2D eigenvalue weighted by Gasteiger charge is -2.33. The lowest BCUT2D eigenvalue weighted by Crippen LogP contribution is -2.45. The van der Waals surface area contributed by atoms with E-state index in [2.05, 4.69) is 29.9 Å². The van der Waals surface area contributed by atoms with E-state index >= 15 is 8.78 Å². The third-order valence-electron chi connectivity index (χ3n) is 9.78. The molecule has 8 heterocycles. The van der Waals surface area contributed by atoms with E-state index in [0.29, 0.717) is 0 Å². The van der Waals surface area contributed by atoms with E-state index in [4.69, 9.17) is 57.6 Å². The summed E-state index contributed by atoms with van der Waals surface area (Å²) in [6.45, 7) is 5.80. The van der Waals surface area contributed by atoms with Gasteiger partial charge < -0.3 is 39.5 Å². The lowest BCUT2D eigenvalue weighted by atomic mass is 9.98. The van der Waals surface area contributed by atoms with Crippen molar-refractivity contribution < 1.29 is 64.0 Å². The van der Waals surface area contributed by atoms with Crippen LogP contribution in [0.1, 0.15) is 40.2 Å². The van der Waals surface area contributed by atoms with E-state index in [0.717, 1.165) is 0 Å². The van der Waals surface area contributed by atoms with Gasteiger partial charge >= 0.3 is 15.6 Å². The van der Waals surface area contributed by atoms with E-state index in [1.54, 1.807) is 13.8 Å². The summed E-state index contributed by atoms with van der Waals surface area (Å²) in [7, 11) is -8.89. The average Bonchev–Trinajstić information content (AvgIpc) is 3.90. The summed E-state index contributed by atoms with van der Waals surface area (Å²) in [5, 5.41) is 0. The Labute approximate surface area is 326 Å². The van der Waals surface area contributed by atoms with Crippen LogP contribution < -0.4 is 30.0 Å². The summed E-state index contributed by atoms with van der Waals surface area (Å²) in [4.78, 5) is 25.0. The van der Waals surface area contributed by atoms with Gasteiger partial charge in [0.15, 0.2) is 46.1 Å². The Bertz CT molecular complexity index is 2320. The van der Waals surface area contributed by atoms with Crippen molar-refractivity contribution in [3.05, 3.63) is 36.9 Å². The van der Waals surface area contributed by atoms with Crippen molar-refractivity contribution in [2.75, 3.05) is 37.9 Å². The first-order chi connectivity index (χ1) is 27.6. The molecule has 0 radical (unpaired) electrons. The highest BCUT2D eigenvalue weighted by molar-refractivity contribution is 7.49. The van der Waals surface area contributed by atoms with Gasteiger partial charge in [-0.3, -0.25) is 27.2 Å².